The molecule has 0 saturated carbocycles. The van der Waals surface area contributed by atoms with Gasteiger partial charge >= 0.3 is 6.18 Å². The van der Waals surface area contributed by atoms with E-state index in [0.717, 1.165) is 6.07 Å². The molecular formula is C7H3F4NO. The van der Waals surface area contributed by atoms with E-state index in [1.165, 1.54) is 0 Å². The Hall–Kier alpha value is -1.46. The number of hydrogen-bond acceptors (Lipinski definition) is 2. The van der Waals surface area contributed by atoms with Gasteiger partial charge in [-0.05, 0) is 12.1 Å². The van der Waals surface area contributed by atoms with Crippen LogP contribution in [0.2, 0.25) is 0 Å². The van der Waals surface area contributed by atoms with E-state index >= 15 is 0 Å². The third-order valence-corrected chi connectivity index (χ3v) is 1.30. The Labute approximate surface area is 70.2 Å². The first-order chi connectivity index (χ1) is 5.95. The zero-order chi connectivity index (χ0) is 10.1. The lowest BCUT2D eigenvalue weighted by molar-refractivity contribution is -0.140. The molecule has 0 amide bonds. The molecule has 0 spiro atoms. The van der Waals surface area contributed by atoms with Gasteiger partial charge in [0.05, 0.1) is 0 Å². The van der Waals surface area contributed by atoms with E-state index in [4.69, 9.17) is 0 Å². The Morgan fingerprint density at radius 3 is 2.31 bits per heavy atom. The Morgan fingerprint density at radius 2 is 1.92 bits per heavy atom. The van der Waals surface area contributed by atoms with Crippen molar-refractivity contribution in [2.24, 2.45) is 0 Å². The van der Waals surface area contributed by atoms with Gasteiger partial charge in [-0.2, -0.15) is 17.6 Å². The lowest BCUT2D eigenvalue weighted by Gasteiger charge is -2.06. The Morgan fingerprint density at radius 1 is 1.31 bits per heavy atom. The van der Waals surface area contributed by atoms with Crippen molar-refractivity contribution >= 4 is 6.29 Å². The average molecular weight is 193 g/mol. The quantitative estimate of drug-likeness (QED) is 0.388. The Balaban J connectivity index is 3.20. The highest BCUT2D eigenvalue weighted by Crippen LogP contribution is 2.30. The highest BCUT2D eigenvalue weighted by atomic mass is 19.4. The summed E-state index contributed by atoms with van der Waals surface area (Å²) in [5.41, 5.74) is -1.84. The summed E-state index contributed by atoms with van der Waals surface area (Å²) in [6.45, 7) is 0. The third kappa shape index (κ3) is 2.01. The van der Waals surface area contributed by atoms with Crippen molar-refractivity contribution in [1.82, 2.24) is 4.98 Å². The fraction of sp³-hybridized carbons (Fsp3) is 0.143. The highest BCUT2D eigenvalue weighted by molar-refractivity contribution is 5.71. The summed E-state index contributed by atoms with van der Waals surface area (Å²) >= 11 is 0. The van der Waals surface area contributed by atoms with Crippen molar-refractivity contribution in [2.45, 2.75) is 6.18 Å². The van der Waals surface area contributed by atoms with Crippen LogP contribution >= 0.6 is 0 Å². The fourth-order valence-corrected chi connectivity index (χ4v) is 0.725. The summed E-state index contributed by atoms with van der Waals surface area (Å²) in [6.07, 6.45) is -4.61. The third-order valence-electron chi connectivity index (χ3n) is 1.30. The number of rotatable bonds is 1. The van der Waals surface area contributed by atoms with Crippen LogP contribution in [0, 0.1) is 5.95 Å². The first-order valence-electron chi connectivity index (χ1n) is 3.14. The molecule has 1 aromatic heterocycles. The molecule has 6 heteroatoms. The number of nitrogens with zero attached hydrogens (tertiary/aromatic N) is 1. The van der Waals surface area contributed by atoms with Crippen molar-refractivity contribution in [3.63, 3.8) is 0 Å². The van der Waals surface area contributed by atoms with Crippen molar-refractivity contribution < 1.29 is 22.4 Å². The smallest absolute Gasteiger partial charge is 0.296 e. The molecule has 0 atom stereocenters. The monoisotopic (exact) mass is 193 g/mol. The van der Waals surface area contributed by atoms with Crippen LogP contribution in [-0.4, -0.2) is 11.3 Å². The number of halogens is 4. The van der Waals surface area contributed by atoms with Crippen LogP contribution < -0.4 is 0 Å². The zero-order valence-electron chi connectivity index (χ0n) is 6.10. The van der Waals surface area contributed by atoms with E-state index in [1.54, 1.807) is 0 Å². The van der Waals surface area contributed by atoms with Gasteiger partial charge < -0.3 is 0 Å². The van der Waals surface area contributed by atoms with Crippen LogP contribution in [0.5, 0.6) is 0 Å². The van der Waals surface area contributed by atoms with Crippen LogP contribution in [0.4, 0.5) is 17.6 Å². The molecule has 2 nitrogen and oxygen atoms in total. The van der Waals surface area contributed by atoms with Crippen LogP contribution in [-0.2, 0) is 6.18 Å². The van der Waals surface area contributed by atoms with Crippen LogP contribution in [0.25, 0.3) is 0 Å². The predicted octanol–water partition coefficient (Wildman–Crippen LogP) is 2.05. The second-order valence-electron chi connectivity index (χ2n) is 2.19. The van der Waals surface area contributed by atoms with E-state index in [2.05, 4.69) is 4.98 Å². The molecule has 1 rings (SSSR count). The van der Waals surface area contributed by atoms with Gasteiger partial charge in [-0.3, -0.25) is 4.79 Å². The largest absolute Gasteiger partial charge is 0.420 e. The molecule has 0 aliphatic heterocycles. The molecule has 1 aromatic rings. The van der Waals surface area contributed by atoms with Gasteiger partial charge in [-0.15, -0.1) is 0 Å². The number of pyridine rings is 1. The number of carbonyl (C=O) groups is 1. The van der Waals surface area contributed by atoms with Crippen LogP contribution in [0.15, 0.2) is 12.1 Å². The number of alkyl halides is 3. The second kappa shape index (κ2) is 3.12. The fourth-order valence-electron chi connectivity index (χ4n) is 0.725. The maximum Gasteiger partial charge on any atom is 0.420 e. The van der Waals surface area contributed by atoms with Crippen molar-refractivity contribution in [2.75, 3.05) is 0 Å². The Kier molecular flexibility index (Phi) is 2.31. The van der Waals surface area contributed by atoms with Crippen molar-refractivity contribution in [1.29, 1.82) is 0 Å². The summed E-state index contributed by atoms with van der Waals surface area (Å²) in [5, 5.41) is 0. The summed E-state index contributed by atoms with van der Waals surface area (Å²) in [7, 11) is 0. The SMILES string of the molecule is O=Cc1ccc(C(F)(F)F)c(F)n1. The summed E-state index contributed by atoms with van der Waals surface area (Å²) in [5.74, 6) is -1.68. The van der Waals surface area contributed by atoms with Gasteiger partial charge in [-0.25, -0.2) is 4.98 Å². The molecular weight excluding hydrogens is 190 g/mol. The first-order valence-corrected chi connectivity index (χ1v) is 3.14. The van der Waals surface area contributed by atoms with Gasteiger partial charge in [0.15, 0.2) is 6.29 Å². The zero-order valence-corrected chi connectivity index (χ0v) is 6.10. The number of aldehydes is 1. The van der Waals surface area contributed by atoms with Crippen LogP contribution in [0.1, 0.15) is 16.1 Å². The summed E-state index contributed by atoms with van der Waals surface area (Å²) in [4.78, 5) is 12.8. The number of aromatic nitrogens is 1. The van der Waals surface area contributed by atoms with Gasteiger partial charge in [0.1, 0.15) is 11.3 Å². The standard InChI is InChI=1S/C7H3F4NO/c8-6-5(7(9,10)11)2-1-4(3-13)12-6/h1-3H. The molecule has 1 heterocycles. The minimum absolute atomic E-state index is 0.170. The minimum atomic E-state index is -4.78. The van der Waals surface area contributed by atoms with E-state index < -0.39 is 17.7 Å². The maximum absolute atomic E-state index is 12.5. The van der Waals surface area contributed by atoms with E-state index in [9.17, 15) is 22.4 Å². The molecule has 0 aliphatic rings. The average Bonchev–Trinajstić information content (AvgIpc) is 2.01. The lowest BCUT2D eigenvalue weighted by Crippen LogP contribution is -2.10. The van der Waals surface area contributed by atoms with Gasteiger partial charge in [0.25, 0.3) is 0 Å². The minimum Gasteiger partial charge on any atom is -0.296 e. The molecule has 0 bridgehead atoms. The number of hydrogen-bond donors (Lipinski definition) is 0. The predicted molar refractivity (Wildman–Crippen MR) is 34.6 cm³/mol. The van der Waals surface area contributed by atoms with E-state index in [-0.39, 0.29) is 12.0 Å². The summed E-state index contributed by atoms with van der Waals surface area (Å²) in [6, 6.07) is 1.28. The van der Waals surface area contributed by atoms with Crippen molar-refractivity contribution in [3.05, 3.63) is 29.3 Å². The summed E-state index contributed by atoms with van der Waals surface area (Å²) < 4.78 is 48.3. The van der Waals surface area contributed by atoms with Gasteiger partial charge in [0.2, 0.25) is 5.95 Å². The second-order valence-corrected chi connectivity index (χ2v) is 2.19. The molecule has 13 heavy (non-hydrogen) atoms. The normalized spacial score (nSPS) is 11.4. The molecule has 0 aromatic carbocycles. The van der Waals surface area contributed by atoms with Gasteiger partial charge in [-0.1, -0.05) is 0 Å². The molecule has 0 saturated heterocycles. The number of carbonyl (C=O) groups excluding carboxylic acids is 1. The lowest BCUT2D eigenvalue weighted by atomic mass is 10.2. The molecule has 0 radical (unpaired) electrons. The molecule has 70 valence electrons. The Bertz CT molecular complexity index is 334. The van der Waals surface area contributed by atoms with Crippen LogP contribution in [0.3, 0.4) is 0 Å². The molecule has 0 aliphatic carbocycles. The van der Waals surface area contributed by atoms with Crippen molar-refractivity contribution in [3.8, 4) is 0 Å². The topological polar surface area (TPSA) is 30.0 Å². The highest BCUT2D eigenvalue weighted by Gasteiger charge is 2.34. The maximum atomic E-state index is 12.5. The first kappa shape index (κ1) is 9.63. The molecule has 0 unspecified atom stereocenters. The molecule has 0 N–H and O–H groups in total. The molecule has 0 fully saturated rings. The van der Waals surface area contributed by atoms with Gasteiger partial charge in [0, 0.05) is 0 Å². The van der Waals surface area contributed by atoms with E-state index in [0.29, 0.717) is 6.07 Å². The van der Waals surface area contributed by atoms with E-state index in [1.807, 2.05) is 0 Å².